The first-order chi connectivity index (χ1) is 13.0. The van der Waals surface area contributed by atoms with Crippen LogP contribution in [0.5, 0.6) is 0 Å². The first-order valence-electron chi connectivity index (χ1n) is 9.74. The number of likely N-dealkylation sites (tertiary alicyclic amines) is 1. The molecule has 1 aliphatic rings. The summed E-state index contributed by atoms with van der Waals surface area (Å²) in [7, 11) is 0. The summed E-state index contributed by atoms with van der Waals surface area (Å²) in [5.74, 6) is -0.339. The SMILES string of the molecule is CCOC(=O)c1c(C)c(C(=O)N2CCCCC2)c(C)n1Cc1ccccc1. The van der Waals surface area contributed by atoms with E-state index in [1.54, 1.807) is 6.92 Å². The number of benzene rings is 1. The van der Waals surface area contributed by atoms with Crippen LogP contribution in [0.15, 0.2) is 30.3 Å². The first-order valence-corrected chi connectivity index (χ1v) is 9.74. The largest absolute Gasteiger partial charge is 0.461 e. The molecule has 1 aromatic carbocycles. The van der Waals surface area contributed by atoms with Crippen molar-refractivity contribution in [2.45, 2.75) is 46.6 Å². The highest BCUT2D eigenvalue weighted by Crippen LogP contribution is 2.27. The molecule has 2 aromatic rings. The average molecular weight is 368 g/mol. The summed E-state index contributed by atoms with van der Waals surface area (Å²) in [6.45, 7) is 8.00. The summed E-state index contributed by atoms with van der Waals surface area (Å²) in [6, 6.07) is 9.97. The van der Waals surface area contributed by atoms with Gasteiger partial charge < -0.3 is 14.2 Å². The number of piperidine rings is 1. The molecule has 2 heterocycles. The van der Waals surface area contributed by atoms with E-state index in [1.807, 2.05) is 53.6 Å². The fourth-order valence-electron chi connectivity index (χ4n) is 3.89. The number of rotatable bonds is 5. The van der Waals surface area contributed by atoms with E-state index in [2.05, 4.69) is 0 Å². The molecule has 5 nitrogen and oxygen atoms in total. The molecule has 3 rings (SSSR count). The van der Waals surface area contributed by atoms with Crippen molar-refractivity contribution in [3.63, 3.8) is 0 Å². The van der Waals surface area contributed by atoms with Gasteiger partial charge in [0.2, 0.25) is 0 Å². The summed E-state index contributed by atoms with van der Waals surface area (Å²) in [6.07, 6.45) is 3.25. The smallest absolute Gasteiger partial charge is 0.355 e. The van der Waals surface area contributed by atoms with Gasteiger partial charge in [-0.3, -0.25) is 4.79 Å². The summed E-state index contributed by atoms with van der Waals surface area (Å²) < 4.78 is 7.23. The Labute approximate surface area is 160 Å². The van der Waals surface area contributed by atoms with E-state index in [0.29, 0.717) is 24.4 Å². The van der Waals surface area contributed by atoms with Crippen LogP contribution in [0, 0.1) is 13.8 Å². The van der Waals surface area contributed by atoms with Crippen molar-refractivity contribution < 1.29 is 14.3 Å². The minimum absolute atomic E-state index is 0.0297. The van der Waals surface area contributed by atoms with E-state index in [9.17, 15) is 9.59 Å². The van der Waals surface area contributed by atoms with Gasteiger partial charge in [0.25, 0.3) is 5.91 Å². The predicted molar refractivity (Wildman–Crippen MR) is 105 cm³/mol. The normalized spacial score (nSPS) is 14.3. The van der Waals surface area contributed by atoms with Gasteiger partial charge >= 0.3 is 5.97 Å². The zero-order valence-electron chi connectivity index (χ0n) is 16.5. The summed E-state index contributed by atoms with van der Waals surface area (Å²) in [5, 5.41) is 0. The van der Waals surface area contributed by atoms with Crippen LogP contribution in [0.3, 0.4) is 0 Å². The Morgan fingerprint density at radius 3 is 2.33 bits per heavy atom. The van der Waals surface area contributed by atoms with Crippen molar-refractivity contribution in [1.82, 2.24) is 9.47 Å². The fourth-order valence-corrected chi connectivity index (χ4v) is 3.89. The molecule has 0 spiro atoms. The third-order valence-electron chi connectivity index (χ3n) is 5.28. The van der Waals surface area contributed by atoms with Gasteiger partial charge in [-0.2, -0.15) is 0 Å². The van der Waals surface area contributed by atoms with Gasteiger partial charge in [0.15, 0.2) is 0 Å². The number of aromatic nitrogens is 1. The quantitative estimate of drug-likeness (QED) is 0.751. The lowest BCUT2D eigenvalue weighted by atomic mass is 10.1. The molecule has 27 heavy (non-hydrogen) atoms. The lowest BCUT2D eigenvalue weighted by molar-refractivity contribution is 0.0513. The molecule has 1 amide bonds. The van der Waals surface area contributed by atoms with Crippen molar-refractivity contribution in [2.24, 2.45) is 0 Å². The number of hydrogen-bond donors (Lipinski definition) is 0. The van der Waals surface area contributed by atoms with E-state index in [0.717, 1.165) is 42.8 Å². The van der Waals surface area contributed by atoms with Crippen LogP contribution in [-0.4, -0.2) is 41.0 Å². The number of carbonyl (C=O) groups excluding carboxylic acids is 2. The van der Waals surface area contributed by atoms with Gasteiger partial charge in [-0.1, -0.05) is 30.3 Å². The van der Waals surface area contributed by atoms with Crippen LogP contribution < -0.4 is 0 Å². The van der Waals surface area contributed by atoms with Crippen LogP contribution in [0.25, 0.3) is 0 Å². The van der Waals surface area contributed by atoms with Crippen molar-refractivity contribution in [1.29, 1.82) is 0 Å². The van der Waals surface area contributed by atoms with Gasteiger partial charge in [-0.25, -0.2) is 4.79 Å². The minimum atomic E-state index is -0.369. The second-order valence-corrected chi connectivity index (χ2v) is 7.08. The van der Waals surface area contributed by atoms with Crippen molar-refractivity contribution in [2.75, 3.05) is 19.7 Å². The number of nitrogens with zero attached hydrogens (tertiary/aromatic N) is 2. The zero-order chi connectivity index (χ0) is 19.4. The van der Waals surface area contributed by atoms with E-state index in [4.69, 9.17) is 4.74 Å². The molecule has 5 heteroatoms. The molecule has 144 valence electrons. The van der Waals surface area contributed by atoms with E-state index >= 15 is 0 Å². The van der Waals surface area contributed by atoms with Gasteiger partial charge in [0.1, 0.15) is 5.69 Å². The minimum Gasteiger partial charge on any atom is -0.461 e. The molecular formula is C22H28N2O3. The standard InChI is InChI=1S/C22H28N2O3/c1-4-27-22(26)20-16(2)19(21(25)23-13-9-6-10-14-23)17(3)24(20)15-18-11-7-5-8-12-18/h5,7-8,11-12H,4,6,9-10,13-15H2,1-3H3. The summed E-state index contributed by atoms with van der Waals surface area (Å²) >= 11 is 0. The molecule has 0 unspecified atom stereocenters. The molecule has 0 aliphatic carbocycles. The van der Waals surface area contributed by atoms with Gasteiger partial charge in [-0.05, 0) is 51.2 Å². The highest BCUT2D eigenvalue weighted by Gasteiger charge is 2.30. The van der Waals surface area contributed by atoms with E-state index in [-0.39, 0.29) is 11.9 Å². The monoisotopic (exact) mass is 368 g/mol. The second-order valence-electron chi connectivity index (χ2n) is 7.08. The Hall–Kier alpha value is -2.56. The molecule has 0 N–H and O–H groups in total. The molecule has 0 saturated carbocycles. The Morgan fingerprint density at radius 2 is 1.70 bits per heavy atom. The number of carbonyl (C=O) groups is 2. The summed E-state index contributed by atoms with van der Waals surface area (Å²) in [4.78, 5) is 27.8. The lowest BCUT2D eigenvalue weighted by Crippen LogP contribution is -2.36. The molecule has 1 aromatic heterocycles. The fraction of sp³-hybridized carbons (Fsp3) is 0.455. The third kappa shape index (κ3) is 3.92. The van der Waals surface area contributed by atoms with Crippen molar-refractivity contribution in [3.8, 4) is 0 Å². The highest BCUT2D eigenvalue weighted by atomic mass is 16.5. The molecule has 0 radical (unpaired) electrons. The Balaban J connectivity index is 2.04. The van der Waals surface area contributed by atoms with Crippen LogP contribution in [0.4, 0.5) is 0 Å². The molecule has 0 atom stereocenters. The van der Waals surface area contributed by atoms with Gasteiger partial charge in [0, 0.05) is 25.3 Å². The Morgan fingerprint density at radius 1 is 1.04 bits per heavy atom. The molecule has 1 saturated heterocycles. The molecule has 1 fully saturated rings. The maximum atomic E-state index is 13.2. The van der Waals surface area contributed by atoms with Gasteiger partial charge in [-0.15, -0.1) is 0 Å². The van der Waals surface area contributed by atoms with Gasteiger partial charge in [0.05, 0.1) is 12.2 Å². The van der Waals surface area contributed by atoms with Crippen LogP contribution in [0.2, 0.25) is 0 Å². The first kappa shape index (κ1) is 19.2. The Bertz CT molecular complexity index is 818. The number of esters is 1. The molecular weight excluding hydrogens is 340 g/mol. The van der Waals surface area contributed by atoms with Crippen molar-refractivity contribution in [3.05, 3.63) is 58.4 Å². The lowest BCUT2D eigenvalue weighted by Gasteiger charge is -2.27. The summed E-state index contributed by atoms with van der Waals surface area (Å²) in [5.41, 5.74) is 3.76. The maximum absolute atomic E-state index is 13.2. The van der Waals surface area contributed by atoms with Crippen LogP contribution in [0.1, 0.15) is 63.9 Å². The number of ether oxygens (including phenoxy) is 1. The van der Waals surface area contributed by atoms with Crippen LogP contribution in [-0.2, 0) is 11.3 Å². The predicted octanol–water partition coefficient (Wildman–Crippen LogP) is 3.96. The molecule has 1 aliphatic heterocycles. The second kappa shape index (κ2) is 8.42. The third-order valence-corrected chi connectivity index (χ3v) is 5.28. The Kier molecular flexibility index (Phi) is 5.99. The maximum Gasteiger partial charge on any atom is 0.355 e. The number of amides is 1. The highest BCUT2D eigenvalue weighted by molar-refractivity contribution is 6.01. The topological polar surface area (TPSA) is 51.5 Å². The van der Waals surface area contributed by atoms with Crippen molar-refractivity contribution >= 4 is 11.9 Å². The molecule has 0 bridgehead atoms. The van der Waals surface area contributed by atoms with Crippen LogP contribution >= 0.6 is 0 Å². The van der Waals surface area contributed by atoms with E-state index < -0.39 is 0 Å². The van der Waals surface area contributed by atoms with E-state index in [1.165, 1.54) is 6.42 Å². The number of hydrogen-bond acceptors (Lipinski definition) is 3. The average Bonchev–Trinajstić information content (AvgIpc) is 2.93. The zero-order valence-corrected chi connectivity index (χ0v) is 16.5.